The molecule has 0 bridgehead atoms. The van der Waals surface area contributed by atoms with Crippen LogP contribution in [0.2, 0.25) is 0 Å². The topological polar surface area (TPSA) is 133 Å². The molecule has 0 atom stereocenters. The van der Waals surface area contributed by atoms with Gasteiger partial charge in [-0.25, -0.2) is 0 Å². The molecule has 31 heavy (non-hydrogen) atoms. The fourth-order valence-electron chi connectivity index (χ4n) is 2.94. The molecule has 0 saturated heterocycles. The molecule has 1 aromatic carbocycles. The van der Waals surface area contributed by atoms with Crippen molar-refractivity contribution in [1.82, 2.24) is 9.47 Å². The van der Waals surface area contributed by atoms with Crippen LogP contribution in [0, 0.1) is 11.3 Å². The van der Waals surface area contributed by atoms with E-state index >= 15 is 0 Å². The number of nitriles is 1. The van der Waals surface area contributed by atoms with E-state index in [0.717, 1.165) is 24.3 Å². The molecular formula is C21H26N6O3S. The molecule has 9 nitrogen and oxygen atoms in total. The number of nitrogens with zero attached hydrogens (tertiary/aromatic N) is 3. The van der Waals surface area contributed by atoms with Crippen LogP contribution < -0.4 is 31.1 Å². The standard InChI is InChI=1S/C21H26N6O3S/c1-4-9-26(3)13-18(28)25-15-8-6-7-14(10-15)24-12-17-20(30)27(5-2)21(31-17)16(11-22)19(23)29/h6-8,10,12,24H,4-5,9,13H2,1-3H3,(H2,23,29)(H,25,28)/b17-12+,21-16-. The second-order valence-corrected chi connectivity index (χ2v) is 7.86. The average molecular weight is 443 g/mol. The van der Waals surface area contributed by atoms with E-state index in [1.54, 1.807) is 37.3 Å². The summed E-state index contributed by atoms with van der Waals surface area (Å²) in [5, 5.41) is 15.1. The largest absolute Gasteiger partial charge is 0.365 e. The van der Waals surface area contributed by atoms with Gasteiger partial charge in [0.15, 0.2) is 5.57 Å². The van der Waals surface area contributed by atoms with E-state index in [9.17, 15) is 19.6 Å². The molecule has 0 aliphatic heterocycles. The van der Waals surface area contributed by atoms with Gasteiger partial charge in [-0.3, -0.25) is 23.9 Å². The van der Waals surface area contributed by atoms with Gasteiger partial charge < -0.3 is 16.4 Å². The molecule has 0 aliphatic rings. The first-order valence-electron chi connectivity index (χ1n) is 9.79. The van der Waals surface area contributed by atoms with Crippen LogP contribution in [0.3, 0.4) is 0 Å². The number of anilines is 2. The smallest absolute Gasteiger partial charge is 0.270 e. The number of likely N-dealkylation sites (N-methyl/N-ethyl adjacent to an activating group) is 1. The quantitative estimate of drug-likeness (QED) is 0.509. The van der Waals surface area contributed by atoms with Crippen molar-refractivity contribution in [2.45, 2.75) is 26.8 Å². The number of rotatable bonds is 9. The van der Waals surface area contributed by atoms with E-state index in [1.807, 2.05) is 11.9 Å². The van der Waals surface area contributed by atoms with Crippen LogP contribution in [0.15, 0.2) is 29.1 Å². The van der Waals surface area contributed by atoms with Crippen molar-refractivity contribution in [2.75, 3.05) is 30.8 Å². The second kappa shape index (κ2) is 11.1. The average Bonchev–Trinajstić information content (AvgIpc) is 3.02. The summed E-state index contributed by atoms with van der Waals surface area (Å²) in [5.74, 6) is -0.990. The summed E-state index contributed by atoms with van der Waals surface area (Å²) in [5.41, 5.74) is 5.97. The molecule has 0 fully saturated rings. The zero-order chi connectivity index (χ0) is 23.0. The van der Waals surface area contributed by atoms with Gasteiger partial charge in [0.2, 0.25) is 5.91 Å². The Hall–Kier alpha value is -3.42. The first-order valence-corrected chi connectivity index (χ1v) is 10.6. The maximum Gasteiger partial charge on any atom is 0.270 e. The zero-order valence-electron chi connectivity index (χ0n) is 17.8. The van der Waals surface area contributed by atoms with Crippen molar-refractivity contribution in [1.29, 1.82) is 5.26 Å². The Bertz CT molecular complexity index is 1170. The summed E-state index contributed by atoms with van der Waals surface area (Å²) < 4.78 is 1.89. The van der Waals surface area contributed by atoms with Gasteiger partial charge in [-0.2, -0.15) is 5.26 Å². The summed E-state index contributed by atoms with van der Waals surface area (Å²) in [6.45, 7) is 5.23. The Morgan fingerprint density at radius 1 is 1.32 bits per heavy atom. The highest BCUT2D eigenvalue weighted by atomic mass is 32.1. The molecule has 10 heteroatoms. The van der Waals surface area contributed by atoms with Crippen LogP contribution in [-0.2, 0) is 16.1 Å². The Morgan fingerprint density at radius 3 is 2.65 bits per heavy atom. The molecule has 2 rings (SSSR count). The summed E-state index contributed by atoms with van der Waals surface area (Å²) >= 11 is 1.01. The summed E-state index contributed by atoms with van der Waals surface area (Å²) in [6.07, 6.45) is 2.48. The van der Waals surface area contributed by atoms with Crippen molar-refractivity contribution in [2.24, 2.45) is 5.73 Å². The number of benzene rings is 1. The maximum absolute atomic E-state index is 12.6. The number of nitrogens with two attached hydrogens (primary N) is 1. The number of thiazole rings is 1. The van der Waals surface area contributed by atoms with Gasteiger partial charge in [0, 0.05) is 24.1 Å². The minimum atomic E-state index is -0.876. The lowest BCUT2D eigenvalue weighted by Crippen LogP contribution is -2.33. The highest BCUT2D eigenvalue weighted by Crippen LogP contribution is 2.15. The first-order chi connectivity index (χ1) is 14.8. The molecule has 0 radical (unpaired) electrons. The molecule has 0 aliphatic carbocycles. The van der Waals surface area contributed by atoms with Gasteiger partial charge in [-0.15, -0.1) is 11.3 Å². The number of hydrogen-bond donors (Lipinski definition) is 3. The molecule has 1 aromatic heterocycles. The third-order valence-corrected chi connectivity index (χ3v) is 5.46. The van der Waals surface area contributed by atoms with Gasteiger partial charge in [0.05, 0.1) is 6.54 Å². The van der Waals surface area contributed by atoms with E-state index in [2.05, 4.69) is 17.6 Å². The predicted molar refractivity (Wildman–Crippen MR) is 123 cm³/mol. The van der Waals surface area contributed by atoms with E-state index in [-0.39, 0.29) is 21.7 Å². The Labute approximate surface area is 184 Å². The summed E-state index contributed by atoms with van der Waals surface area (Å²) in [6, 6.07) is 8.86. The minimum absolute atomic E-state index is 0.114. The monoisotopic (exact) mass is 442 g/mol. The fraction of sp³-hybridized carbons (Fsp3) is 0.333. The second-order valence-electron chi connectivity index (χ2n) is 6.83. The van der Waals surface area contributed by atoms with E-state index in [1.165, 1.54) is 10.8 Å². The fourth-order valence-corrected chi connectivity index (χ4v) is 4.04. The molecule has 4 N–H and O–H groups in total. The van der Waals surface area contributed by atoms with Crippen molar-refractivity contribution >= 4 is 46.3 Å². The Kier molecular flexibility index (Phi) is 8.54. The van der Waals surface area contributed by atoms with E-state index in [0.29, 0.717) is 29.0 Å². The summed E-state index contributed by atoms with van der Waals surface area (Å²) in [7, 11) is 1.89. The lowest BCUT2D eigenvalue weighted by Gasteiger charge is -2.15. The highest BCUT2D eigenvalue weighted by Gasteiger charge is 2.12. The van der Waals surface area contributed by atoms with Crippen molar-refractivity contribution < 1.29 is 9.59 Å². The van der Waals surface area contributed by atoms with E-state index < -0.39 is 5.91 Å². The van der Waals surface area contributed by atoms with Crippen LogP contribution in [0.5, 0.6) is 0 Å². The number of hydrogen-bond acceptors (Lipinski definition) is 7. The number of carbonyl (C=O) groups is 2. The van der Waals surface area contributed by atoms with Crippen LogP contribution in [0.25, 0.3) is 11.8 Å². The van der Waals surface area contributed by atoms with Crippen LogP contribution in [0.1, 0.15) is 20.3 Å². The minimum Gasteiger partial charge on any atom is -0.365 e. The molecule has 0 saturated carbocycles. The highest BCUT2D eigenvalue weighted by molar-refractivity contribution is 7.07. The lowest BCUT2D eigenvalue weighted by molar-refractivity contribution is -0.117. The maximum atomic E-state index is 12.6. The number of carbonyl (C=O) groups excluding carboxylic acids is 2. The number of aromatic nitrogens is 1. The molecule has 164 valence electrons. The zero-order valence-corrected chi connectivity index (χ0v) is 18.6. The van der Waals surface area contributed by atoms with Crippen molar-refractivity contribution in [3.63, 3.8) is 0 Å². The van der Waals surface area contributed by atoms with Crippen LogP contribution >= 0.6 is 11.3 Å². The molecule has 0 unspecified atom stereocenters. The molecule has 2 aromatic rings. The first kappa shape index (κ1) is 23.9. The van der Waals surface area contributed by atoms with Gasteiger partial charge in [0.1, 0.15) is 15.3 Å². The van der Waals surface area contributed by atoms with Crippen molar-refractivity contribution in [3.05, 3.63) is 43.8 Å². The van der Waals surface area contributed by atoms with Crippen LogP contribution in [0.4, 0.5) is 11.4 Å². The number of nitrogens with one attached hydrogen (secondary N) is 2. The molecule has 1 heterocycles. The van der Waals surface area contributed by atoms with Gasteiger partial charge in [-0.05, 0) is 45.1 Å². The molecule has 2 amide bonds. The normalized spacial score (nSPS) is 12.4. The van der Waals surface area contributed by atoms with Crippen molar-refractivity contribution in [3.8, 4) is 6.07 Å². The van der Waals surface area contributed by atoms with Crippen LogP contribution in [-0.4, -0.2) is 41.4 Å². The number of amides is 2. The third-order valence-electron chi connectivity index (χ3n) is 4.33. The van der Waals surface area contributed by atoms with Gasteiger partial charge in [0.25, 0.3) is 11.5 Å². The predicted octanol–water partition coefficient (Wildman–Crippen LogP) is 0.220. The lowest BCUT2D eigenvalue weighted by atomic mass is 10.2. The Balaban J connectivity index is 2.28. The number of primary amides is 1. The molecular weight excluding hydrogens is 416 g/mol. The van der Waals surface area contributed by atoms with E-state index in [4.69, 9.17) is 5.73 Å². The summed E-state index contributed by atoms with van der Waals surface area (Å²) in [4.78, 5) is 38.2. The van der Waals surface area contributed by atoms with Gasteiger partial charge >= 0.3 is 0 Å². The third kappa shape index (κ3) is 6.28. The van der Waals surface area contributed by atoms with Gasteiger partial charge in [-0.1, -0.05) is 13.0 Å². The SMILES string of the molecule is CCCN(C)CC(=O)Nc1cccc(N/C=c2/s/c(=C(/C#N)C(N)=O)n(CC)c2=O)c1. The Morgan fingerprint density at radius 2 is 2.03 bits per heavy atom. The molecule has 0 spiro atoms.